The number of anilines is 1. The van der Waals surface area contributed by atoms with Gasteiger partial charge in [0.05, 0.1) is 30.3 Å². The van der Waals surface area contributed by atoms with Crippen LogP contribution in [0.5, 0.6) is 0 Å². The molecule has 0 spiro atoms. The van der Waals surface area contributed by atoms with Crippen LogP contribution in [0.15, 0.2) is 34.3 Å². The van der Waals surface area contributed by atoms with Gasteiger partial charge in [-0.1, -0.05) is 18.2 Å². The van der Waals surface area contributed by atoms with Crippen LogP contribution >= 0.6 is 12.6 Å². The predicted molar refractivity (Wildman–Crippen MR) is 112 cm³/mol. The number of morpholine rings is 1. The highest BCUT2D eigenvalue weighted by Crippen LogP contribution is 2.32. The van der Waals surface area contributed by atoms with Gasteiger partial charge in [-0.25, -0.2) is 9.97 Å². The zero-order valence-electron chi connectivity index (χ0n) is 15.3. The van der Waals surface area contributed by atoms with Gasteiger partial charge in [0.1, 0.15) is 12.1 Å². The van der Waals surface area contributed by atoms with Crippen LogP contribution < -0.4 is 10.3 Å². The van der Waals surface area contributed by atoms with E-state index in [0.717, 1.165) is 36.3 Å². The summed E-state index contributed by atoms with van der Waals surface area (Å²) in [5.41, 5.74) is 6.96. The lowest BCUT2D eigenvalue weighted by molar-refractivity contribution is -0.104. The molecule has 2 aromatic rings. The average molecular weight is 395 g/mol. The van der Waals surface area contributed by atoms with Crippen molar-refractivity contribution in [3.05, 3.63) is 41.1 Å². The maximum atomic E-state index is 10.9. The maximum Gasteiger partial charge on any atom is 0.162 e. The first-order valence-electron chi connectivity index (χ1n) is 9.19. The predicted octanol–water partition coefficient (Wildman–Crippen LogP) is 2.11. The summed E-state index contributed by atoms with van der Waals surface area (Å²) in [5, 5.41) is 4.18. The molecule has 0 unspecified atom stereocenters. The van der Waals surface area contributed by atoms with Gasteiger partial charge in [-0.05, 0) is 23.3 Å². The van der Waals surface area contributed by atoms with Gasteiger partial charge in [-0.15, -0.1) is 12.6 Å². The van der Waals surface area contributed by atoms with Crippen LogP contribution in [0, 0.1) is 0 Å². The zero-order valence-corrected chi connectivity index (χ0v) is 16.2. The van der Waals surface area contributed by atoms with Gasteiger partial charge >= 0.3 is 0 Å². The van der Waals surface area contributed by atoms with Crippen molar-refractivity contribution in [3.8, 4) is 11.4 Å². The number of carbonyl (C=O) groups is 1. The van der Waals surface area contributed by atoms with Crippen molar-refractivity contribution in [2.24, 2.45) is 5.10 Å². The molecule has 28 heavy (non-hydrogen) atoms. The Morgan fingerprint density at radius 2 is 2.07 bits per heavy atom. The summed E-state index contributed by atoms with van der Waals surface area (Å²) in [7, 11) is 0. The molecular formula is C20H21N5O2S. The molecule has 144 valence electrons. The van der Waals surface area contributed by atoms with Crippen molar-refractivity contribution in [2.45, 2.75) is 17.9 Å². The van der Waals surface area contributed by atoms with Gasteiger partial charge in [0.25, 0.3) is 0 Å². The Bertz CT molecular complexity index is 938. The van der Waals surface area contributed by atoms with Crippen LogP contribution in [0.1, 0.15) is 16.8 Å². The first-order chi connectivity index (χ1) is 13.8. The van der Waals surface area contributed by atoms with Crippen LogP contribution in [-0.2, 0) is 22.5 Å². The number of benzene rings is 1. The quantitative estimate of drug-likeness (QED) is 0.469. The van der Waals surface area contributed by atoms with E-state index in [1.54, 1.807) is 6.08 Å². The fourth-order valence-electron chi connectivity index (χ4n) is 3.41. The van der Waals surface area contributed by atoms with Crippen LogP contribution in [0.2, 0.25) is 0 Å². The van der Waals surface area contributed by atoms with Crippen molar-refractivity contribution in [2.75, 3.05) is 31.2 Å². The number of ether oxygens (including phenoxy) is 1. The molecule has 2 aliphatic rings. The molecule has 1 aromatic heterocycles. The second-order valence-electron chi connectivity index (χ2n) is 6.49. The highest BCUT2D eigenvalue weighted by Gasteiger charge is 2.21. The van der Waals surface area contributed by atoms with E-state index in [1.807, 2.05) is 18.3 Å². The van der Waals surface area contributed by atoms with E-state index in [9.17, 15) is 4.79 Å². The molecule has 7 nitrogen and oxygen atoms in total. The van der Waals surface area contributed by atoms with Gasteiger partial charge < -0.3 is 15.1 Å². The SMILES string of the molecule is O=C/C=C/c1nc(-c2cccc3c2CC=NNC3)nc(N2CCOCC2)c1S. The fraction of sp³-hybridized carbons (Fsp3) is 0.300. The molecule has 4 rings (SSSR count). The summed E-state index contributed by atoms with van der Waals surface area (Å²) in [5.74, 6) is 1.39. The summed E-state index contributed by atoms with van der Waals surface area (Å²) in [6.07, 6.45) is 6.40. The summed E-state index contributed by atoms with van der Waals surface area (Å²) in [6, 6.07) is 6.12. The number of hydrogen-bond acceptors (Lipinski definition) is 8. The van der Waals surface area contributed by atoms with E-state index in [-0.39, 0.29) is 0 Å². The Labute approximate surface area is 168 Å². The van der Waals surface area contributed by atoms with E-state index in [1.165, 1.54) is 11.6 Å². The molecule has 2 aliphatic heterocycles. The Hall–Kier alpha value is -2.71. The third kappa shape index (κ3) is 3.79. The minimum absolute atomic E-state index is 0.622. The molecule has 1 saturated heterocycles. The molecule has 0 atom stereocenters. The smallest absolute Gasteiger partial charge is 0.162 e. The minimum atomic E-state index is 0.622. The van der Waals surface area contributed by atoms with E-state index in [4.69, 9.17) is 14.7 Å². The average Bonchev–Trinajstić information content (AvgIpc) is 2.99. The van der Waals surface area contributed by atoms with Gasteiger partial charge in [-0.2, -0.15) is 5.10 Å². The van der Waals surface area contributed by atoms with Crippen molar-refractivity contribution in [1.29, 1.82) is 0 Å². The Morgan fingerprint density at radius 3 is 2.89 bits per heavy atom. The molecular weight excluding hydrogens is 374 g/mol. The molecule has 0 saturated carbocycles. The molecule has 0 radical (unpaired) electrons. The highest BCUT2D eigenvalue weighted by atomic mass is 32.1. The van der Waals surface area contributed by atoms with Gasteiger partial charge in [0, 0.05) is 31.3 Å². The van der Waals surface area contributed by atoms with Crippen LogP contribution in [0.4, 0.5) is 5.82 Å². The molecule has 1 aromatic carbocycles. The van der Waals surface area contributed by atoms with Crippen LogP contribution in [-0.4, -0.2) is 48.8 Å². The second-order valence-corrected chi connectivity index (χ2v) is 6.94. The van der Waals surface area contributed by atoms with E-state index < -0.39 is 0 Å². The Morgan fingerprint density at radius 1 is 1.21 bits per heavy atom. The van der Waals surface area contributed by atoms with E-state index >= 15 is 0 Å². The van der Waals surface area contributed by atoms with Crippen molar-refractivity contribution in [1.82, 2.24) is 15.4 Å². The lowest BCUT2D eigenvalue weighted by Gasteiger charge is -2.29. The maximum absolute atomic E-state index is 10.9. The summed E-state index contributed by atoms with van der Waals surface area (Å²) in [6.45, 7) is 3.44. The summed E-state index contributed by atoms with van der Waals surface area (Å²) in [4.78, 5) is 23.3. The number of carbonyl (C=O) groups excluding carboxylic acids is 1. The van der Waals surface area contributed by atoms with Crippen molar-refractivity contribution < 1.29 is 9.53 Å². The van der Waals surface area contributed by atoms with Crippen LogP contribution in [0.3, 0.4) is 0 Å². The molecule has 1 N–H and O–H groups in total. The van der Waals surface area contributed by atoms with Gasteiger partial charge in [0.2, 0.25) is 0 Å². The van der Waals surface area contributed by atoms with Crippen molar-refractivity contribution in [3.63, 3.8) is 0 Å². The number of aldehydes is 1. The normalized spacial score (nSPS) is 16.5. The van der Waals surface area contributed by atoms with Crippen LogP contribution in [0.25, 0.3) is 17.5 Å². The fourth-order valence-corrected chi connectivity index (χ4v) is 3.72. The lowest BCUT2D eigenvalue weighted by atomic mass is 9.98. The molecule has 3 heterocycles. The van der Waals surface area contributed by atoms with Crippen molar-refractivity contribution >= 4 is 37.0 Å². The number of hydrogen-bond donors (Lipinski definition) is 2. The Balaban J connectivity index is 1.86. The molecule has 0 bridgehead atoms. The number of nitrogens with one attached hydrogen (secondary N) is 1. The first kappa shape index (κ1) is 18.6. The molecule has 0 aliphatic carbocycles. The minimum Gasteiger partial charge on any atom is -0.378 e. The van der Waals surface area contributed by atoms with E-state index in [2.05, 4.69) is 34.1 Å². The third-order valence-corrected chi connectivity index (χ3v) is 5.23. The number of nitrogens with zero attached hydrogens (tertiary/aromatic N) is 4. The third-order valence-electron chi connectivity index (χ3n) is 4.80. The topological polar surface area (TPSA) is 79.7 Å². The zero-order chi connectivity index (χ0) is 19.3. The van der Waals surface area contributed by atoms with E-state index in [0.29, 0.717) is 42.6 Å². The molecule has 0 amide bonds. The largest absolute Gasteiger partial charge is 0.378 e. The second kappa shape index (κ2) is 8.53. The number of aromatic nitrogens is 2. The number of allylic oxidation sites excluding steroid dienone is 1. The Kier molecular flexibility index (Phi) is 5.68. The summed E-state index contributed by atoms with van der Waals surface area (Å²) < 4.78 is 5.47. The lowest BCUT2D eigenvalue weighted by Crippen LogP contribution is -2.37. The molecule has 1 fully saturated rings. The number of thiol groups is 1. The van der Waals surface area contributed by atoms with Gasteiger partial charge in [-0.3, -0.25) is 4.79 Å². The number of rotatable bonds is 4. The molecule has 8 heteroatoms. The van der Waals surface area contributed by atoms with Gasteiger partial charge in [0.15, 0.2) is 5.82 Å². The summed E-state index contributed by atoms with van der Waals surface area (Å²) >= 11 is 4.66. The monoisotopic (exact) mass is 395 g/mol. The first-order valence-corrected chi connectivity index (χ1v) is 9.63. The standard InChI is InChI=1S/C20H21N5O2S/c26-10-2-5-17-18(28)20(25-8-11-27-12-9-25)24-19(23-17)16-4-1-3-14-13-22-21-7-6-15(14)16/h1-5,7,10,22,28H,6,8-9,11-13H2/b5-2+. The highest BCUT2D eigenvalue weighted by molar-refractivity contribution is 7.80. The number of fused-ring (bicyclic) bond motifs is 1. The number of hydrazone groups is 1.